The van der Waals surface area contributed by atoms with Crippen molar-refractivity contribution in [3.63, 3.8) is 0 Å². The Morgan fingerprint density at radius 3 is 2.48 bits per heavy atom. The minimum Gasteiger partial charge on any atom is -0.503 e. The molecular weight excluding hydrogens is 451 g/mol. The molecule has 29 heavy (non-hydrogen) atoms. The molecule has 156 valence electrons. The second-order valence-electron chi connectivity index (χ2n) is 6.40. The molecule has 0 aliphatic carbocycles. The number of carbonyl (C=O) groups excluding carboxylic acids is 1. The first-order valence-electron chi connectivity index (χ1n) is 8.09. The number of phenolic OH excluding ortho intramolecular Hbond substituents is 2. The summed E-state index contributed by atoms with van der Waals surface area (Å²) < 4.78 is 28.9. The van der Waals surface area contributed by atoms with Gasteiger partial charge in [0.05, 0.1) is 10.0 Å². The van der Waals surface area contributed by atoms with Crippen LogP contribution in [0.3, 0.4) is 0 Å². The summed E-state index contributed by atoms with van der Waals surface area (Å²) in [6.07, 6.45) is 0.108. The van der Waals surface area contributed by atoms with Gasteiger partial charge in [-0.15, -0.1) is 0 Å². The maximum absolute atomic E-state index is 11.9. The minimum absolute atomic E-state index is 0.00846. The molecular formula is C16H14Cl2N2O8S. The molecule has 0 bridgehead atoms. The van der Waals surface area contributed by atoms with Gasteiger partial charge in [-0.2, -0.15) is 0 Å². The van der Waals surface area contributed by atoms with Gasteiger partial charge < -0.3 is 24.7 Å². The second-order valence-corrected chi connectivity index (χ2v) is 8.31. The highest BCUT2D eigenvalue weighted by Crippen LogP contribution is 2.45. The number of hydrogen-bond acceptors (Lipinski definition) is 8. The molecule has 2 heterocycles. The van der Waals surface area contributed by atoms with E-state index in [2.05, 4.69) is 5.16 Å². The van der Waals surface area contributed by atoms with Crippen molar-refractivity contribution in [2.24, 2.45) is 0 Å². The summed E-state index contributed by atoms with van der Waals surface area (Å²) in [5, 5.41) is 30.4. The number of likely N-dealkylation sites (tertiary alicyclic amines) is 1. The number of carboxylic acids is 1. The Morgan fingerprint density at radius 1 is 1.31 bits per heavy atom. The van der Waals surface area contributed by atoms with E-state index in [0.717, 1.165) is 17.0 Å². The van der Waals surface area contributed by atoms with Crippen LogP contribution in [0.25, 0.3) is 11.3 Å². The molecule has 1 fully saturated rings. The highest BCUT2D eigenvalue weighted by Gasteiger charge is 2.48. The van der Waals surface area contributed by atoms with Crippen LogP contribution in [0.2, 0.25) is 10.0 Å². The van der Waals surface area contributed by atoms with Gasteiger partial charge in [-0.05, 0) is 13.0 Å². The number of phenols is 2. The van der Waals surface area contributed by atoms with Gasteiger partial charge in [0.1, 0.15) is 10.9 Å². The van der Waals surface area contributed by atoms with Gasteiger partial charge in [-0.1, -0.05) is 28.4 Å². The summed E-state index contributed by atoms with van der Waals surface area (Å²) in [5.41, 5.74) is -0.277. The average Bonchev–Trinajstić information content (AvgIpc) is 3.11. The molecule has 1 saturated heterocycles. The van der Waals surface area contributed by atoms with E-state index in [-0.39, 0.29) is 33.5 Å². The molecule has 1 amide bonds. The van der Waals surface area contributed by atoms with Crippen molar-refractivity contribution in [3.05, 3.63) is 27.9 Å². The van der Waals surface area contributed by atoms with Crippen molar-refractivity contribution < 1.29 is 37.8 Å². The summed E-state index contributed by atoms with van der Waals surface area (Å²) in [7, 11) is -3.38. The van der Waals surface area contributed by atoms with Gasteiger partial charge in [0.2, 0.25) is 5.91 Å². The predicted molar refractivity (Wildman–Crippen MR) is 101 cm³/mol. The molecule has 0 spiro atoms. The summed E-state index contributed by atoms with van der Waals surface area (Å²) in [5.74, 6) is -3.51. The molecule has 13 heteroatoms. The maximum Gasteiger partial charge on any atom is 0.328 e. The third kappa shape index (κ3) is 3.61. The van der Waals surface area contributed by atoms with Crippen LogP contribution in [0.1, 0.15) is 24.3 Å². The van der Waals surface area contributed by atoms with Crippen molar-refractivity contribution >= 4 is 45.8 Å². The maximum atomic E-state index is 11.9. The monoisotopic (exact) mass is 464 g/mol. The lowest BCUT2D eigenvalue weighted by Crippen LogP contribution is -2.60. The number of aromatic nitrogens is 1. The molecule has 10 nitrogen and oxygen atoms in total. The van der Waals surface area contributed by atoms with E-state index >= 15 is 0 Å². The van der Waals surface area contributed by atoms with E-state index in [1.165, 1.54) is 0 Å². The number of aliphatic carboxylic acids is 1. The quantitative estimate of drug-likeness (QED) is 0.284. The van der Waals surface area contributed by atoms with Crippen LogP contribution in [-0.2, 0) is 20.3 Å². The number of rotatable bonds is 6. The number of amides is 1. The normalized spacial score (nSPS) is 18.6. The minimum atomic E-state index is -3.38. The molecule has 0 radical (unpaired) electrons. The second kappa shape index (κ2) is 7.73. The van der Waals surface area contributed by atoms with E-state index in [4.69, 9.17) is 27.7 Å². The van der Waals surface area contributed by atoms with Crippen molar-refractivity contribution in [2.75, 3.05) is 0 Å². The fourth-order valence-electron chi connectivity index (χ4n) is 3.15. The summed E-state index contributed by atoms with van der Waals surface area (Å²) in [6, 6.07) is 0.132. The van der Waals surface area contributed by atoms with Crippen molar-refractivity contribution in [3.8, 4) is 22.8 Å². The van der Waals surface area contributed by atoms with Crippen molar-refractivity contribution in [2.45, 2.75) is 30.7 Å². The molecule has 3 rings (SSSR count). The molecule has 1 aromatic heterocycles. The van der Waals surface area contributed by atoms with E-state index in [1.807, 2.05) is 0 Å². The third-order valence-electron chi connectivity index (χ3n) is 4.57. The fourth-order valence-corrected chi connectivity index (χ4v) is 4.42. The summed E-state index contributed by atoms with van der Waals surface area (Å²) >= 11 is 11.8. The smallest absolute Gasteiger partial charge is 0.328 e. The van der Waals surface area contributed by atoms with Crippen LogP contribution in [0.15, 0.2) is 16.7 Å². The number of benzene rings is 1. The van der Waals surface area contributed by atoms with Crippen LogP contribution in [0.4, 0.5) is 0 Å². The molecule has 2 aromatic rings. The number of hydrogen-bond donors (Lipinski definition) is 4. The van der Waals surface area contributed by atoms with E-state index in [1.54, 1.807) is 6.92 Å². The Hall–Kier alpha value is -2.50. The first-order valence-corrected chi connectivity index (χ1v) is 10.1. The van der Waals surface area contributed by atoms with Gasteiger partial charge in [-0.3, -0.25) is 4.79 Å². The molecule has 0 saturated carbocycles. The number of nitrogens with zero attached hydrogens (tertiary/aromatic N) is 2. The number of carboxylic acid groups (broad SMARTS) is 1. The molecule has 1 aliphatic rings. The predicted octanol–water partition coefficient (Wildman–Crippen LogP) is 1.79. The van der Waals surface area contributed by atoms with E-state index in [9.17, 15) is 33.3 Å². The Balaban J connectivity index is 2.07. The lowest BCUT2D eigenvalue weighted by molar-refractivity contribution is -0.161. The topological polar surface area (TPSA) is 158 Å². The molecule has 0 unspecified atom stereocenters. The van der Waals surface area contributed by atoms with Crippen LogP contribution in [0, 0.1) is 0 Å². The fraction of sp³-hybridized carbons (Fsp3) is 0.312. The van der Waals surface area contributed by atoms with Gasteiger partial charge in [0.15, 0.2) is 34.0 Å². The van der Waals surface area contributed by atoms with Crippen LogP contribution in [0.5, 0.6) is 11.5 Å². The van der Waals surface area contributed by atoms with Gasteiger partial charge >= 0.3 is 5.97 Å². The zero-order chi connectivity index (χ0) is 21.6. The van der Waals surface area contributed by atoms with Crippen molar-refractivity contribution in [1.82, 2.24) is 10.1 Å². The zero-order valence-corrected chi connectivity index (χ0v) is 17.0. The van der Waals surface area contributed by atoms with Crippen LogP contribution in [-0.4, -0.2) is 57.8 Å². The molecule has 3 atom stereocenters. The van der Waals surface area contributed by atoms with E-state index < -0.39 is 51.4 Å². The van der Waals surface area contributed by atoms with Crippen LogP contribution < -0.4 is 0 Å². The number of aromatic hydroxyl groups is 2. The summed E-state index contributed by atoms with van der Waals surface area (Å²) in [6.45, 7) is 1.60. The highest BCUT2D eigenvalue weighted by molar-refractivity contribution is 7.72. The molecule has 1 aromatic carbocycles. The average molecular weight is 465 g/mol. The zero-order valence-electron chi connectivity index (χ0n) is 14.6. The Bertz CT molecular complexity index is 1080. The molecule has 1 aliphatic heterocycles. The lowest BCUT2D eigenvalue weighted by Gasteiger charge is -2.43. The van der Waals surface area contributed by atoms with Gasteiger partial charge in [0, 0.05) is 24.1 Å². The Morgan fingerprint density at radius 2 is 1.97 bits per heavy atom. The number of thiol groups is 1. The standard InChI is InChI=1S/C16H14Cl2N2O8S/c1-5-2-10(21)20(5)12(16(24)25)15(29(26)27)8-4-9(28-19-8)6-3-7(17)13(22)14(23)11(6)18/h3-5,12,15,22-23,29H,2H2,1H3,(H,24,25)/t5-,12-,15+/m1/s1. The number of β-lactam (4-membered cyclic amide) rings is 1. The van der Waals surface area contributed by atoms with Gasteiger partial charge in [0.25, 0.3) is 0 Å². The first-order chi connectivity index (χ1) is 13.5. The lowest BCUT2D eigenvalue weighted by atomic mass is 9.97. The molecule has 3 N–H and O–H groups in total. The van der Waals surface area contributed by atoms with Crippen LogP contribution >= 0.6 is 23.2 Å². The van der Waals surface area contributed by atoms with E-state index in [0.29, 0.717) is 0 Å². The first kappa shape index (κ1) is 21.2. The number of carbonyl (C=O) groups is 2. The highest BCUT2D eigenvalue weighted by atomic mass is 35.5. The number of halogens is 2. The SMILES string of the molecule is C[C@@H]1CC(=O)N1[C@@H](C(=O)O)[C@H](c1cc(-c2cc(Cl)c(O)c(O)c2Cl)on1)[SH](=O)=O. The Kier molecular flexibility index (Phi) is 5.65. The van der Waals surface area contributed by atoms with Gasteiger partial charge in [-0.25, -0.2) is 13.2 Å². The third-order valence-corrected chi connectivity index (χ3v) is 6.25. The Labute approximate surface area is 175 Å². The largest absolute Gasteiger partial charge is 0.503 e. The summed E-state index contributed by atoms with van der Waals surface area (Å²) in [4.78, 5) is 24.6. The van der Waals surface area contributed by atoms with Crippen molar-refractivity contribution in [1.29, 1.82) is 0 Å².